The van der Waals surface area contributed by atoms with Crippen LogP contribution in [0.1, 0.15) is 11.1 Å². The van der Waals surface area contributed by atoms with Gasteiger partial charge < -0.3 is 9.15 Å². The van der Waals surface area contributed by atoms with Gasteiger partial charge in [-0.25, -0.2) is 0 Å². The first-order valence-electron chi connectivity index (χ1n) is 6.08. The monoisotopic (exact) mass is 316 g/mol. The molecule has 0 amide bonds. The van der Waals surface area contributed by atoms with Crippen LogP contribution in [-0.4, -0.2) is 0 Å². The summed E-state index contributed by atoms with van der Waals surface area (Å²) in [4.78, 5) is 0. The predicted octanol–water partition coefficient (Wildman–Crippen LogP) is 5.08. The maximum atomic E-state index is 5.85. The Hall–Kier alpha value is -1.74. The Morgan fingerprint density at radius 3 is 2.84 bits per heavy atom. The molecule has 0 spiro atoms. The molecule has 1 heterocycles. The smallest absolute Gasteiger partial charge is 0.135 e. The lowest BCUT2D eigenvalue weighted by molar-refractivity contribution is 0.304. The highest BCUT2D eigenvalue weighted by molar-refractivity contribution is 9.10. The molecule has 0 bridgehead atoms. The van der Waals surface area contributed by atoms with Gasteiger partial charge in [0.1, 0.15) is 17.9 Å². The minimum absolute atomic E-state index is 0.513. The quantitative estimate of drug-likeness (QED) is 0.672. The minimum atomic E-state index is 0.513. The Kier molecular flexibility index (Phi) is 3.30. The van der Waals surface area contributed by atoms with Crippen LogP contribution in [0.5, 0.6) is 5.75 Å². The molecule has 0 N–H and O–H groups in total. The van der Waals surface area contributed by atoms with E-state index in [1.54, 1.807) is 6.26 Å². The molecule has 0 atom stereocenters. The van der Waals surface area contributed by atoms with Gasteiger partial charge in [-0.15, -0.1) is 0 Å². The summed E-state index contributed by atoms with van der Waals surface area (Å²) in [6.45, 7) is 2.55. The standard InChI is InChI=1S/C16H13BrO2/c1-11-4-2-3-5-15(11)18-9-12-10-19-16-8-13(17)6-7-14(12)16/h2-8,10H,9H2,1H3. The van der Waals surface area contributed by atoms with Gasteiger partial charge in [-0.2, -0.15) is 0 Å². The Balaban J connectivity index is 1.84. The van der Waals surface area contributed by atoms with Crippen molar-refractivity contribution in [2.45, 2.75) is 13.5 Å². The second kappa shape index (κ2) is 5.10. The molecule has 0 aliphatic carbocycles. The van der Waals surface area contributed by atoms with Crippen LogP contribution in [0.15, 0.2) is 57.6 Å². The van der Waals surface area contributed by atoms with Crippen molar-refractivity contribution in [3.05, 3.63) is 64.3 Å². The summed E-state index contributed by atoms with van der Waals surface area (Å²) in [5.74, 6) is 0.911. The zero-order valence-electron chi connectivity index (χ0n) is 10.5. The van der Waals surface area contributed by atoms with Crippen LogP contribution in [0.4, 0.5) is 0 Å². The molecule has 1 aromatic heterocycles. The van der Waals surface area contributed by atoms with E-state index in [1.807, 2.05) is 49.4 Å². The molecule has 0 saturated heterocycles. The van der Waals surface area contributed by atoms with E-state index in [-0.39, 0.29) is 0 Å². The molecular formula is C16H13BrO2. The van der Waals surface area contributed by atoms with Crippen molar-refractivity contribution in [2.24, 2.45) is 0 Å². The lowest BCUT2D eigenvalue weighted by atomic mass is 10.2. The van der Waals surface area contributed by atoms with Gasteiger partial charge in [-0.1, -0.05) is 34.1 Å². The van der Waals surface area contributed by atoms with Crippen molar-refractivity contribution in [2.75, 3.05) is 0 Å². The normalized spacial score (nSPS) is 10.8. The summed E-state index contributed by atoms with van der Waals surface area (Å²) in [7, 11) is 0. The van der Waals surface area contributed by atoms with E-state index in [4.69, 9.17) is 9.15 Å². The molecule has 3 heteroatoms. The third-order valence-electron chi connectivity index (χ3n) is 3.09. The van der Waals surface area contributed by atoms with Crippen molar-refractivity contribution in [1.82, 2.24) is 0 Å². The molecule has 2 aromatic carbocycles. The third-order valence-corrected chi connectivity index (χ3v) is 3.59. The SMILES string of the molecule is Cc1ccccc1OCc1coc2cc(Br)ccc12. The molecule has 0 fully saturated rings. The third kappa shape index (κ3) is 2.51. The number of halogens is 1. The first kappa shape index (κ1) is 12.3. The Morgan fingerprint density at radius 1 is 1.16 bits per heavy atom. The number of aryl methyl sites for hydroxylation is 1. The van der Waals surface area contributed by atoms with Crippen molar-refractivity contribution < 1.29 is 9.15 Å². The van der Waals surface area contributed by atoms with Gasteiger partial charge in [-0.05, 0) is 36.8 Å². The highest BCUT2D eigenvalue weighted by Crippen LogP contribution is 2.26. The van der Waals surface area contributed by atoms with Crippen LogP contribution in [0.2, 0.25) is 0 Å². The van der Waals surface area contributed by atoms with Gasteiger partial charge >= 0.3 is 0 Å². The second-order valence-electron chi connectivity index (χ2n) is 4.46. The molecule has 0 aliphatic heterocycles. The first-order valence-corrected chi connectivity index (χ1v) is 6.87. The number of hydrogen-bond donors (Lipinski definition) is 0. The fraction of sp³-hybridized carbons (Fsp3) is 0.125. The number of para-hydroxylation sites is 1. The predicted molar refractivity (Wildman–Crippen MR) is 79.4 cm³/mol. The van der Waals surface area contributed by atoms with Crippen LogP contribution < -0.4 is 4.74 Å². The summed E-state index contributed by atoms with van der Waals surface area (Å²) in [5, 5.41) is 1.09. The fourth-order valence-corrected chi connectivity index (χ4v) is 2.38. The van der Waals surface area contributed by atoms with Crippen molar-refractivity contribution in [1.29, 1.82) is 0 Å². The molecule has 0 saturated carbocycles. The van der Waals surface area contributed by atoms with Crippen LogP contribution in [-0.2, 0) is 6.61 Å². The maximum absolute atomic E-state index is 5.85. The number of rotatable bonds is 3. The Morgan fingerprint density at radius 2 is 2.00 bits per heavy atom. The molecule has 3 aromatic rings. The number of ether oxygens (including phenoxy) is 1. The summed E-state index contributed by atoms with van der Waals surface area (Å²) < 4.78 is 12.4. The van der Waals surface area contributed by atoms with Crippen molar-refractivity contribution >= 4 is 26.9 Å². The van der Waals surface area contributed by atoms with Crippen molar-refractivity contribution in [3.63, 3.8) is 0 Å². The number of fused-ring (bicyclic) bond motifs is 1. The van der Waals surface area contributed by atoms with Crippen molar-refractivity contribution in [3.8, 4) is 5.75 Å². The highest BCUT2D eigenvalue weighted by Gasteiger charge is 2.07. The first-order chi connectivity index (χ1) is 9.24. The van der Waals surface area contributed by atoms with E-state index < -0.39 is 0 Å². The molecule has 19 heavy (non-hydrogen) atoms. The minimum Gasteiger partial charge on any atom is -0.488 e. The second-order valence-corrected chi connectivity index (χ2v) is 5.37. The molecule has 3 rings (SSSR count). The van der Waals surface area contributed by atoms with Gasteiger partial charge in [0.15, 0.2) is 0 Å². The van der Waals surface area contributed by atoms with Crippen LogP contribution in [0.25, 0.3) is 11.0 Å². The lowest BCUT2D eigenvalue weighted by Crippen LogP contribution is -1.95. The Bertz CT molecular complexity index is 716. The highest BCUT2D eigenvalue weighted by atomic mass is 79.9. The van der Waals surface area contributed by atoms with E-state index in [0.29, 0.717) is 6.61 Å². The molecule has 0 radical (unpaired) electrons. The Labute approximate surface area is 120 Å². The van der Waals surface area contributed by atoms with Gasteiger partial charge in [0, 0.05) is 15.4 Å². The van der Waals surface area contributed by atoms with Crippen LogP contribution in [0.3, 0.4) is 0 Å². The zero-order valence-corrected chi connectivity index (χ0v) is 12.1. The van der Waals surface area contributed by atoms with E-state index in [1.165, 1.54) is 0 Å². The zero-order chi connectivity index (χ0) is 13.2. The van der Waals surface area contributed by atoms with E-state index >= 15 is 0 Å². The summed E-state index contributed by atoms with van der Waals surface area (Å²) >= 11 is 3.44. The summed E-state index contributed by atoms with van der Waals surface area (Å²) in [6.07, 6.45) is 1.76. The lowest BCUT2D eigenvalue weighted by Gasteiger charge is -2.07. The summed E-state index contributed by atoms with van der Waals surface area (Å²) in [6, 6.07) is 14.0. The molecular weight excluding hydrogens is 304 g/mol. The van der Waals surface area contributed by atoms with Crippen LogP contribution in [0, 0.1) is 6.92 Å². The number of benzene rings is 2. The van der Waals surface area contributed by atoms with E-state index in [9.17, 15) is 0 Å². The number of furan rings is 1. The summed E-state index contributed by atoms with van der Waals surface area (Å²) in [5.41, 5.74) is 3.07. The van der Waals surface area contributed by atoms with Crippen LogP contribution >= 0.6 is 15.9 Å². The fourth-order valence-electron chi connectivity index (χ4n) is 2.04. The van der Waals surface area contributed by atoms with E-state index in [2.05, 4.69) is 15.9 Å². The van der Waals surface area contributed by atoms with Gasteiger partial charge in [0.05, 0.1) is 6.26 Å². The van der Waals surface area contributed by atoms with Gasteiger partial charge in [0.2, 0.25) is 0 Å². The average Bonchev–Trinajstić information content (AvgIpc) is 2.80. The largest absolute Gasteiger partial charge is 0.488 e. The molecule has 0 unspecified atom stereocenters. The topological polar surface area (TPSA) is 22.4 Å². The average molecular weight is 317 g/mol. The maximum Gasteiger partial charge on any atom is 0.135 e. The molecule has 2 nitrogen and oxygen atoms in total. The molecule has 0 aliphatic rings. The van der Waals surface area contributed by atoms with Gasteiger partial charge in [-0.3, -0.25) is 0 Å². The molecule has 96 valence electrons. The van der Waals surface area contributed by atoms with Gasteiger partial charge in [0.25, 0.3) is 0 Å². The van der Waals surface area contributed by atoms with E-state index in [0.717, 1.165) is 32.3 Å². The number of hydrogen-bond acceptors (Lipinski definition) is 2.